The molecule has 0 atom stereocenters. The van der Waals surface area contributed by atoms with E-state index in [2.05, 4.69) is 11.9 Å². The van der Waals surface area contributed by atoms with Crippen molar-refractivity contribution >= 4 is 5.69 Å². The highest BCUT2D eigenvalue weighted by Gasteiger charge is 2.03. The van der Waals surface area contributed by atoms with E-state index in [0.29, 0.717) is 28.7 Å². The predicted molar refractivity (Wildman–Crippen MR) is 79.5 cm³/mol. The number of aryl methyl sites for hydroxylation is 2. The molecule has 20 heavy (non-hydrogen) atoms. The number of rotatable bonds is 4. The maximum absolute atomic E-state index is 13.9. The molecule has 2 aromatic rings. The molecule has 0 aliphatic heterocycles. The molecule has 0 radical (unpaired) electrons. The van der Waals surface area contributed by atoms with Gasteiger partial charge in [0.2, 0.25) is 0 Å². The first-order chi connectivity index (χ1) is 9.61. The van der Waals surface area contributed by atoms with Gasteiger partial charge >= 0.3 is 0 Å². The van der Waals surface area contributed by atoms with Gasteiger partial charge in [0.15, 0.2) is 0 Å². The molecule has 0 unspecified atom stereocenters. The topological polar surface area (TPSA) is 43.3 Å². The van der Waals surface area contributed by atoms with Crippen LogP contribution in [0.5, 0.6) is 0 Å². The average molecular weight is 273 g/mol. The number of aromatic nitrogens is 1. The van der Waals surface area contributed by atoms with E-state index in [9.17, 15) is 4.39 Å². The average Bonchev–Trinajstić information content (AvgIpc) is 2.42. The minimum atomic E-state index is -0.188. The zero-order chi connectivity index (χ0) is 14.5. The van der Waals surface area contributed by atoms with Crippen molar-refractivity contribution in [1.82, 2.24) is 4.57 Å². The molecule has 1 aromatic carbocycles. The van der Waals surface area contributed by atoms with Gasteiger partial charge in [0, 0.05) is 24.5 Å². The van der Waals surface area contributed by atoms with Crippen LogP contribution >= 0.6 is 0 Å². The minimum Gasteiger partial charge on any atom is -0.396 e. The molecule has 0 saturated carbocycles. The van der Waals surface area contributed by atoms with Crippen LogP contribution in [-0.2, 0) is 13.1 Å². The Hall–Kier alpha value is -2.10. The molecular weight excluding hydrogens is 253 g/mol. The summed E-state index contributed by atoms with van der Waals surface area (Å²) in [5, 5.41) is 0.707. The van der Waals surface area contributed by atoms with E-state index < -0.39 is 0 Å². The SMILES string of the molecule is CCCn1ccc(=NCc2cccc(C)c2F)c(N)c1. The first-order valence-electron chi connectivity index (χ1n) is 6.82. The molecule has 3 nitrogen and oxygen atoms in total. The molecule has 0 aliphatic rings. The third-order valence-corrected chi connectivity index (χ3v) is 3.20. The Balaban J connectivity index is 2.25. The molecule has 0 amide bonds. The summed E-state index contributed by atoms with van der Waals surface area (Å²) in [4.78, 5) is 4.40. The second kappa shape index (κ2) is 6.37. The molecule has 0 spiro atoms. The van der Waals surface area contributed by atoms with Crippen LogP contribution < -0.4 is 11.1 Å². The number of pyridine rings is 1. The Bertz CT molecular complexity index is 659. The van der Waals surface area contributed by atoms with Crippen LogP contribution in [0, 0.1) is 12.7 Å². The highest BCUT2D eigenvalue weighted by molar-refractivity contribution is 5.33. The van der Waals surface area contributed by atoms with Gasteiger partial charge in [-0.1, -0.05) is 25.1 Å². The molecule has 0 saturated heterocycles. The first-order valence-corrected chi connectivity index (χ1v) is 6.82. The third-order valence-electron chi connectivity index (χ3n) is 3.20. The van der Waals surface area contributed by atoms with Gasteiger partial charge in [0.05, 0.1) is 17.6 Å². The van der Waals surface area contributed by atoms with Crippen molar-refractivity contribution < 1.29 is 4.39 Å². The minimum absolute atomic E-state index is 0.188. The fourth-order valence-electron chi connectivity index (χ4n) is 2.09. The lowest BCUT2D eigenvalue weighted by Crippen LogP contribution is -2.13. The number of nitrogens with two attached hydrogens (primary N) is 1. The highest BCUT2D eigenvalue weighted by Crippen LogP contribution is 2.12. The number of anilines is 1. The number of nitrogens with zero attached hydrogens (tertiary/aromatic N) is 2. The van der Waals surface area contributed by atoms with Gasteiger partial charge in [0.25, 0.3) is 0 Å². The van der Waals surface area contributed by atoms with E-state index in [1.54, 1.807) is 19.1 Å². The van der Waals surface area contributed by atoms with Crippen LogP contribution in [0.15, 0.2) is 41.7 Å². The number of halogens is 1. The largest absolute Gasteiger partial charge is 0.396 e. The zero-order valence-electron chi connectivity index (χ0n) is 11.9. The summed E-state index contributed by atoms with van der Waals surface area (Å²) in [5.41, 5.74) is 7.83. The van der Waals surface area contributed by atoms with Crippen LogP contribution in [0.2, 0.25) is 0 Å². The standard InChI is InChI=1S/C16H20FN3/c1-3-8-20-9-7-15(14(18)11-20)19-10-13-6-4-5-12(2)16(13)17/h4-7,9,11H,3,8,10,18H2,1-2H3. The van der Waals surface area contributed by atoms with Crippen LogP contribution in [0.4, 0.5) is 10.1 Å². The van der Waals surface area contributed by atoms with Gasteiger partial charge in [-0.3, -0.25) is 4.99 Å². The fraction of sp³-hybridized carbons (Fsp3) is 0.312. The molecule has 0 aliphatic carbocycles. The van der Waals surface area contributed by atoms with Gasteiger partial charge in [-0.05, 0) is 25.0 Å². The summed E-state index contributed by atoms with van der Waals surface area (Å²) in [6, 6.07) is 7.22. The van der Waals surface area contributed by atoms with E-state index in [1.807, 2.05) is 29.1 Å². The van der Waals surface area contributed by atoms with Crippen molar-refractivity contribution in [3.63, 3.8) is 0 Å². The van der Waals surface area contributed by atoms with Crippen LogP contribution in [0.3, 0.4) is 0 Å². The second-order valence-electron chi connectivity index (χ2n) is 4.89. The van der Waals surface area contributed by atoms with Crippen molar-refractivity contribution in [2.75, 3.05) is 5.73 Å². The predicted octanol–water partition coefficient (Wildman–Crippen LogP) is 3.03. The molecule has 106 valence electrons. The first kappa shape index (κ1) is 14.3. The lowest BCUT2D eigenvalue weighted by Gasteiger charge is -2.06. The van der Waals surface area contributed by atoms with Gasteiger partial charge in [0.1, 0.15) is 5.82 Å². The van der Waals surface area contributed by atoms with Gasteiger partial charge in [-0.2, -0.15) is 0 Å². The third kappa shape index (κ3) is 3.26. The van der Waals surface area contributed by atoms with Crippen LogP contribution in [0.1, 0.15) is 24.5 Å². The molecule has 1 heterocycles. The summed E-state index contributed by atoms with van der Waals surface area (Å²) in [6.45, 7) is 5.10. The van der Waals surface area contributed by atoms with E-state index in [0.717, 1.165) is 13.0 Å². The number of benzene rings is 1. The van der Waals surface area contributed by atoms with Crippen molar-refractivity contribution in [2.45, 2.75) is 33.4 Å². The molecule has 1 aromatic heterocycles. The molecule has 0 bridgehead atoms. The lowest BCUT2D eigenvalue weighted by molar-refractivity contribution is 0.601. The summed E-state index contributed by atoms with van der Waals surface area (Å²) in [5.74, 6) is -0.188. The van der Waals surface area contributed by atoms with E-state index in [-0.39, 0.29) is 5.82 Å². The van der Waals surface area contributed by atoms with E-state index >= 15 is 0 Å². The maximum atomic E-state index is 13.9. The van der Waals surface area contributed by atoms with E-state index in [4.69, 9.17) is 5.73 Å². The van der Waals surface area contributed by atoms with Crippen LogP contribution in [-0.4, -0.2) is 4.57 Å². The normalized spacial score (nSPS) is 11.8. The Morgan fingerprint density at radius 1 is 1.30 bits per heavy atom. The van der Waals surface area contributed by atoms with Gasteiger partial charge in [-0.15, -0.1) is 0 Å². The number of hydrogen-bond donors (Lipinski definition) is 1. The highest BCUT2D eigenvalue weighted by atomic mass is 19.1. The van der Waals surface area contributed by atoms with Crippen molar-refractivity contribution in [3.05, 3.63) is 59.0 Å². The molecule has 2 N–H and O–H groups in total. The van der Waals surface area contributed by atoms with Gasteiger partial charge in [-0.25, -0.2) is 4.39 Å². The van der Waals surface area contributed by atoms with Gasteiger partial charge < -0.3 is 10.3 Å². The van der Waals surface area contributed by atoms with Crippen LogP contribution in [0.25, 0.3) is 0 Å². The molecular formula is C16H20FN3. The Morgan fingerprint density at radius 3 is 2.80 bits per heavy atom. The van der Waals surface area contributed by atoms with E-state index in [1.165, 1.54) is 0 Å². The summed E-state index contributed by atoms with van der Waals surface area (Å²) >= 11 is 0. The zero-order valence-corrected chi connectivity index (χ0v) is 11.9. The maximum Gasteiger partial charge on any atom is 0.131 e. The quantitative estimate of drug-likeness (QED) is 0.914. The lowest BCUT2D eigenvalue weighted by atomic mass is 10.1. The monoisotopic (exact) mass is 273 g/mol. The second-order valence-corrected chi connectivity index (χ2v) is 4.89. The Morgan fingerprint density at radius 2 is 2.10 bits per heavy atom. The smallest absolute Gasteiger partial charge is 0.131 e. The molecule has 0 fully saturated rings. The summed E-state index contributed by atoms with van der Waals surface area (Å²) in [7, 11) is 0. The summed E-state index contributed by atoms with van der Waals surface area (Å²) in [6.07, 6.45) is 4.87. The molecule has 4 heteroatoms. The van der Waals surface area contributed by atoms with Crippen molar-refractivity contribution in [2.24, 2.45) is 4.99 Å². The number of hydrogen-bond acceptors (Lipinski definition) is 2. The van der Waals surface area contributed by atoms with Crippen molar-refractivity contribution in [3.8, 4) is 0 Å². The molecule has 2 rings (SSSR count). The summed E-state index contributed by atoms with van der Waals surface area (Å²) < 4.78 is 15.9. The van der Waals surface area contributed by atoms with Crippen molar-refractivity contribution in [1.29, 1.82) is 0 Å². The fourth-order valence-corrected chi connectivity index (χ4v) is 2.09. The Labute approximate surface area is 118 Å². The Kier molecular flexibility index (Phi) is 4.56. The number of nitrogen functional groups attached to an aromatic ring is 1.